The van der Waals surface area contributed by atoms with Crippen LogP contribution in [-0.4, -0.2) is 96.7 Å². The first-order valence-electron chi connectivity index (χ1n) is 40.1. The Morgan fingerprint density at radius 1 is 0.292 bits per heavy atom. The average Bonchev–Trinajstić information content (AvgIpc) is 1.99. The minimum absolute atomic E-state index is 0.107. The topological polar surface area (TPSA) is 237 Å². The predicted molar refractivity (Wildman–Crippen MR) is 391 cm³/mol. The molecule has 7 atom stereocenters. The molecule has 0 aliphatic carbocycles. The van der Waals surface area contributed by atoms with Gasteiger partial charge in [-0.25, -0.2) is 9.13 Å². The normalized spacial score (nSPS) is 14.6. The number of unbranched alkanes of at least 4 members (excludes halogenated alkanes) is 44. The van der Waals surface area contributed by atoms with E-state index in [4.69, 9.17) is 37.0 Å². The second-order valence-electron chi connectivity index (χ2n) is 28.2. The van der Waals surface area contributed by atoms with Gasteiger partial charge in [-0.3, -0.25) is 37.3 Å². The van der Waals surface area contributed by atoms with Gasteiger partial charge in [-0.2, -0.15) is 0 Å². The standard InChI is InChI=1S/C77H150O17P2/c1-7-11-13-15-17-18-19-26-30-37-43-49-55-61-76(81)93-72(65-87-74(79)59-53-47-39-16-14-12-8-2)67-91-95(83,84)89-63-71(78)64-90-96(85,86)92-68-73(66-88-75(80)60-54-48-42-36-33-32-35-41-46-52-58-70(6)10-4)94-77(82)62-56-50-44-38-31-28-25-23-21-20-22-24-27-29-34-40-45-51-57-69(5)9-3/h69-73,78H,7-68H2,1-6H3,(H,83,84)(H,85,86)/t69?,70?,71-,72+,73+/m0/s1. The van der Waals surface area contributed by atoms with Crippen LogP contribution in [0.1, 0.15) is 401 Å². The molecule has 0 radical (unpaired) electrons. The summed E-state index contributed by atoms with van der Waals surface area (Å²) >= 11 is 0. The van der Waals surface area contributed by atoms with Crippen molar-refractivity contribution in [2.24, 2.45) is 11.8 Å². The Morgan fingerprint density at radius 2 is 0.500 bits per heavy atom. The Kier molecular flexibility index (Phi) is 67.4. The highest BCUT2D eigenvalue weighted by Crippen LogP contribution is 2.45. The van der Waals surface area contributed by atoms with E-state index in [0.29, 0.717) is 25.7 Å². The van der Waals surface area contributed by atoms with Gasteiger partial charge < -0.3 is 33.8 Å². The molecule has 96 heavy (non-hydrogen) atoms. The number of carbonyl (C=O) groups excluding carboxylic acids is 4. The summed E-state index contributed by atoms with van der Waals surface area (Å²) in [6.45, 7) is 9.66. The Hall–Kier alpha value is -1.94. The summed E-state index contributed by atoms with van der Waals surface area (Å²) < 4.78 is 68.4. The number of esters is 4. The van der Waals surface area contributed by atoms with Gasteiger partial charge in [-0.05, 0) is 37.5 Å². The minimum Gasteiger partial charge on any atom is -0.462 e. The van der Waals surface area contributed by atoms with E-state index in [1.54, 1.807) is 0 Å². The Labute approximate surface area is 588 Å². The number of rotatable bonds is 76. The van der Waals surface area contributed by atoms with Crippen molar-refractivity contribution >= 4 is 39.5 Å². The van der Waals surface area contributed by atoms with Gasteiger partial charge in [-0.15, -0.1) is 0 Å². The number of carbonyl (C=O) groups is 4. The zero-order valence-electron chi connectivity index (χ0n) is 62.7. The summed E-state index contributed by atoms with van der Waals surface area (Å²) in [4.78, 5) is 72.7. The van der Waals surface area contributed by atoms with Crippen molar-refractivity contribution in [3.63, 3.8) is 0 Å². The highest BCUT2D eigenvalue weighted by Gasteiger charge is 2.30. The van der Waals surface area contributed by atoms with Crippen LogP contribution in [0.25, 0.3) is 0 Å². The van der Waals surface area contributed by atoms with Crippen molar-refractivity contribution in [1.29, 1.82) is 0 Å². The number of hydrogen-bond acceptors (Lipinski definition) is 15. The number of phosphoric ester groups is 2. The summed E-state index contributed by atoms with van der Waals surface area (Å²) in [7, 11) is -9.91. The zero-order valence-corrected chi connectivity index (χ0v) is 64.5. The number of hydrogen-bond donors (Lipinski definition) is 3. The Balaban J connectivity index is 5.16. The van der Waals surface area contributed by atoms with Crippen LogP contribution in [0.2, 0.25) is 0 Å². The van der Waals surface area contributed by atoms with Gasteiger partial charge in [0.05, 0.1) is 26.4 Å². The summed E-state index contributed by atoms with van der Waals surface area (Å²) in [6.07, 6.45) is 56.9. The van der Waals surface area contributed by atoms with Gasteiger partial charge in [-0.1, -0.05) is 350 Å². The second-order valence-corrected chi connectivity index (χ2v) is 31.1. The third kappa shape index (κ3) is 67.9. The van der Waals surface area contributed by atoms with Crippen LogP contribution in [0.3, 0.4) is 0 Å². The quantitative estimate of drug-likeness (QED) is 0.0222. The number of aliphatic hydroxyl groups excluding tert-OH is 1. The minimum atomic E-state index is -4.96. The lowest BCUT2D eigenvalue weighted by Crippen LogP contribution is -2.30. The molecule has 4 unspecified atom stereocenters. The smallest absolute Gasteiger partial charge is 0.462 e. The molecule has 0 saturated heterocycles. The molecule has 0 aromatic rings. The van der Waals surface area contributed by atoms with E-state index >= 15 is 0 Å². The molecule has 0 fully saturated rings. The van der Waals surface area contributed by atoms with Gasteiger partial charge in [0.1, 0.15) is 19.3 Å². The summed E-state index contributed by atoms with van der Waals surface area (Å²) in [5.41, 5.74) is 0. The molecule has 0 heterocycles. The van der Waals surface area contributed by atoms with Crippen LogP contribution in [0.4, 0.5) is 0 Å². The lowest BCUT2D eigenvalue weighted by atomic mass is 9.99. The summed E-state index contributed by atoms with van der Waals surface area (Å²) in [5, 5.41) is 10.6. The monoisotopic (exact) mass is 1410 g/mol. The van der Waals surface area contributed by atoms with E-state index in [-0.39, 0.29) is 25.7 Å². The maximum absolute atomic E-state index is 13.1. The third-order valence-corrected chi connectivity index (χ3v) is 20.6. The molecule has 0 aromatic carbocycles. The van der Waals surface area contributed by atoms with Gasteiger partial charge >= 0.3 is 39.5 Å². The van der Waals surface area contributed by atoms with Crippen LogP contribution in [0.5, 0.6) is 0 Å². The highest BCUT2D eigenvalue weighted by atomic mass is 31.2. The first-order chi connectivity index (χ1) is 46.4. The van der Waals surface area contributed by atoms with Crippen molar-refractivity contribution in [2.75, 3.05) is 39.6 Å². The Morgan fingerprint density at radius 3 is 0.740 bits per heavy atom. The molecule has 19 heteroatoms. The molecule has 0 bridgehead atoms. The van der Waals surface area contributed by atoms with Crippen molar-refractivity contribution in [2.45, 2.75) is 419 Å². The first-order valence-corrected chi connectivity index (χ1v) is 43.1. The lowest BCUT2D eigenvalue weighted by Gasteiger charge is -2.21. The molecule has 0 aromatic heterocycles. The van der Waals surface area contributed by atoms with E-state index in [9.17, 15) is 43.2 Å². The van der Waals surface area contributed by atoms with Crippen LogP contribution in [0, 0.1) is 11.8 Å². The second kappa shape index (κ2) is 68.8. The van der Waals surface area contributed by atoms with E-state index in [2.05, 4.69) is 41.5 Å². The molecule has 0 spiro atoms. The number of ether oxygens (including phenoxy) is 4. The average molecular weight is 1410 g/mol. The van der Waals surface area contributed by atoms with Crippen LogP contribution >= 0.6 is 15.6 Å². The fourth-order valence-corrected chi connectivity index (χ4v) is 13.3. The fourth-order valence-electron chi connectivity index (χ4n) is 11.8. The van der Waals surface area contributed by atoms with Gasteiger partial charge in [0.15, 0.2) is 12.2 Å². The van der Waals surface area contributed by atoms with Crippen molar-refractivity contribution in [3.8, 4) is 0 Å². The molecule has 0 saturated carbocycles. The molecule has 0 aliphatic heterocycles. The molecule has 17 nitrogen and oxygen atoms in total. The van der Waals surface area contributed by atoms with Crippen LogP contribution in [-0.2, 0) is 65.4 Å². The maximum atomic E-state index is 13.1. The summed E-state index contributed by atoms with van der Waals surface area (Å²) in [6, 6.07) is 0. The molecule has 0 rings (SSSR count). The van der Waals surface area contributed by atoms with Crippen molar-refractivity contribution in [1.82, 2.24) is 0 Å². The molecule has 0 aliphatic rings. The van der Waals surface area contributed by atoms with Crippen molar-refractivity contribution in [3.05, 3.63) is 0 Å². The molecule has 3 N–H and O–H groups in total. The predicted octanol–water partition coefficient (Wildman–Crippen LogP) is 22.7. The van der Waals surface area contributed by atoms with Gasteiger partial charge in [0.2, 0.25) is 0 Å². The SMILES string of the molecule is CCCCCCCCCCCCCCCC(=O)O[C@H](COC(=O)CCCCCCCCC)COP(=O)(O)OC[C@H](O)COP(=O)(O)OC[C@@H](COC(=O)CCCCCCCCCCCCC(C)CC)OC(=O)CCCCCCCCCCCCCCCCCCCCC(C)CC. The van der Waals surface area contributed by atoms with Crippen molar-refractivity contribution < 1.29 is 80.2 Å². The zero-order chi connectivity index (χ0) is 70.7. The van der Waals surface area contributed by atoms with E-state index in [0.717, 1.165) is 115 Å². The molecule has 570 valence electrons. The Bertz CT molecular complexity index is 1860. The molecular weight excluding hydrogens is 1260 g/mol. The summed E-state index contributed by atoms with van der Waals surface area (Å²) in [5.74, 6) is -0.438. The fraction of sp³-hybridized carbons (Fsp3) is 0.948. The number of aliphatic hydroxyl groups is 1. The molecular formula is C77H150O17P2. The highest BCUT2D eigenvalue weighted by molar-refractivity contribution is 7.47. The third-order valence-electron chi connectivity index (χ3n) is 18.7. The van der Waals surface area contributed by atoms with E-state index in [1.165, 1.54) is 205 Å². The van der Waals surface area contributed by atoms with E-state index in [1.807, 2.05) is 0 Å². The van der Waals surface area contributed by atoms with Gasteiger partial charge in [0, 0.05) is 25.7 Å². The van der Waals surface area contributed by atoms with Crippen LogP contribution in [0.15, 0.2) is 0 Å². The molecule has 0 amide bonds. The van der Waals surface area contributed by atoms with Gasteiger partial charge in [0.25, 0.3) is 0 Å². The maximum Gasteiger partial charge on any atom is 0.472 e. The van der Waals surface area contributed by atoms with Crippen LogP contribution < -0.4 is 0 Å². The first kappa shape index (κ1) is 94.1. The number of phosphoric acid groups is 2. The van der Waals surface area contributed by atoms with E-state index < -0.39 is 97.5 Å². The lowest BCUT2D eigenvalue weighted by molar-refractivity contribution is -0.161. The largest absolute Gasteiger partial charge is 0.472 e.